The first-order valence-electron chi connectivity index (χ1n) is 6.98. The van der Waals surface area contributed by atoms with Crippen molar-refractivity contribution < 1.29 is 5.11 Å². The number of para-hydroxylation sites is 1. The van der Waals surface area contributed by atoms with Crippen LogP contribution in [0.3, 0.4) is 0 Å². The maximum absolute atomic E-state index is 9.53. The lowest BCUT2D eigenvalue weighted by Gasteiger charge is -2.31. The normalized spacial score (nSPS) is 15.5. The minimum atomic E-state index is 0.0628. The highest BCUT2D eigenvalue weighted by Crippen LogP contribution is 2.29. The largest absolute Gasteiger partial charge is 0.392 e. The van der Waals surface area contributed by atoms with Crippen molar-refractivity contribution >= 4 is 16.7 Å². The molecule has 0 aliphatic heterocycles. The zero-order valence-electron chi connectivity index (χ0n) is 11.3. The fraction of sp³-hybridized carbons (Fsp3) is 0.438. The van der Waals surface area contributed by atoms with Crippen LogP contribution in [0.4, 0.5) is 5.82 Å². The molecular formula is C16H20N2O. The van der Waals surface area contributed by atoms with E-state index >= 15 is 0 Å². The van der Waals surface area contributed by atoms with E-state index < -0.39 is 0 Å². The molecular weight excluding hydrogens is 236 g/mol. The summed E-state index contributed by atoms with van der Waals surface area (Å²) in [6.07, 6.45) is 4.04. The first-order chi connectivity index (χ1) is 9.28. The van der Waals surface area contributed by atoms with Crippen molar-refractivity contribution in [2.24, 2.45) is 5.92 Å². The molecule has 1 aliphatic rings. The molecule has 0 atom stereocenters. The quantitative estimate of drug-likeness (QED) is 0.913. The average molecular weight is 256 g/mol. The summed E-state index contributed by atoms with van der Waals surface area (Å²) in [7, 11) is 2.09. The molecule has 0 spiro atoms. The number of nitrogens with zero attached hydrogens (tertiary/aromatic N) is 2. The molecule has 3 nitrogen and oxygen atoms in total. The van der Waals surface area contributed by atoms with Gasteiger partial charge in [-0.25, -0.2) is 4.98 Å². The Morgan fingerprint density at radius 1 is 1.32 bits per heavy atom. The summed E-state index contributed by atoms with van der Waals surface area (Å²) < 4.78 is 0. The first-order valence-corrected chi connectivity index (χ1v) is 6.98. The van der Waals surface area contributed by atoms with Gasteiger partial charge in [0.25, 0.3) is 0 Å². The zero-order valence-corrected chi connectivity index (χ0v) is 11.3. The van der Waals surface area contributed by atoms with E-state index in [1.807, 2.05) is 30.3 Å². The van der Waals surface area contributed by atoms with Crippen LogP contribution in [0, 0.1) is 5.92 Å². The van der Waals surface area contributed by atoms with Gasteiger partial charge in [-0.3, -0.25) is 0 Å². The minimum absolute atomic E-state index is 0.0628. The van der Waals surface area contributed by atoms with Crippen molar-refractivity contribution in [1.29, 1.82) is 0 Å². The molecule has 1 aromatic heterocycles. The molecule has 1 fully saturated rings. The molecule has 0 radical (unpaired) electrons. The van der Waals surface area contributed by atoms with Crippen molar-refractivity contribution in [2.45, 2.75) is 25.9 Å². The van der Waals surface area contributed by atoms with Gasteiger partial charge >= 0.3 is 0 Å². The highest BCUT2D eigenvalue weighted by atomic mass is 16.3. The maximum atomic E-state index is 9.53. The molecule has 19 heavy (non-hydrogen) atoms. The number of aliphatic hydroxyl groups is 1. The second-order valence-electron chi connectivity index (χ2n) is 5.49. The van der Waals surface area contributed by atoms with Gasteiger partial charge in [-0.15, -0.1) is 0 Å². The molecule has 1 aliphatic carbocycles. The van der Waals surface area contributed by atoms with Crippen LogP contribution in [-0.4, -0.2) is 23.7 Å². The fourth-order valence-electron chi connectivity index (χ4n) is 2.71. The Kier molecular flexibility index (Phi) is 3.38. The van der Waals surface area contributed by atoms with Crippen molar-refractivity contribution in [3.8, 4) is 0 Å². The van der Waals surface area contributed by atoms with E-state index in [0.717, 1.165) is 34.7 Å². The molecule has 0 bridgehead atoms. The second-order valence-corrected chi connectivity index (χ2v) is 5.49. The molecule has 100 valence electrons. The summed E-state index contributed by atoms with van der Waals surface area (Å²) in [5.74, 6) is 1.78. The molecule has 0 saturated heterocycles. The average Bonchev–Trinajstić information content (AvgIpc) is 2.41. The third kappa shape index (κ3) is 2.43. The van der Waals surface area contributed by atoms with Crippen LogP contribution in [-0.2, 0) is 6.61 Å². The number of benzene rings is 1. The van der Waals surface area contributed by atoms with Gasteiger partial charge in [0, 0.05) is 19.0 Å². The van der Waals surface area contributed by atoms with Crippen LogP contribution in [0.25, 0.3) is 10.9 Å². The van der Waals surface area contributed by atoms with E-state index in [1.54, 1.807) is 0 Å². The van der Waals surface area contributed by atoms with Gasteiger partial charge in [-0.2, -0.15) is 0 Å². The van der Waals surface area contributed by atoms with Gasteiger partial charge in [0.2, 0.25) is 0 Å². The minimum Gasteiger partial charge on any atom is -0.392 e. The number of anilines is 1. The zero-order chi connectivity index (χ0) is 13.2. The van der Waals surface area contributed by atoms with Crippen molar-refractivity contribution in [3.63, 3.8) is 0 Å². The SMILES string of the molecule is CN(CC1CCC1)c1cc(CO)c2ccccc2n1. The predicted molar refractivity (Wildman–Crippen MR) is 78.3 cm³/mol. The van der Waals surface area contributed by atoms with Gasteiger partial charge in [-0.1, -0.05) is 24.6 Å². The number of hydrogen-bond donors (Lipinski definition) is 1. The highest BCUT2D eigenvalue weighted by Gasteiger charge is 2.20. The molecule has 2 aromatic rings. The lowest BCUT2D eigenvalue weighted by atomic mass is 9.85. The van der Waals surface area contributed by atoms with Crippen molar-refractivity contribution in [2.75, 3.05) is 18.5 Å². The summed E-state index contributed by atoms with van der Waals surface area (Å²) in [4.78, 5) is 6.93. The lowest BCUT2D eigenvalue weighted by Crippen LogP contribution is -2.29. The Labute approximate surface area is 113 Å². The molecule has 3 rings (SSSR count). The van der Waals surface area contributed by atoms with Crippen molar-refractivity contribution in [3.05, 3.63) is 35.9 Å². The van der Waals surface area contributed by atoms with Gasteiger partial charge in [0.1, 0.15) is 5.82 Å². The molecule has 1 heterocycles. The van der Waals surface area contributed by atoms with Crippen LogP contribution >= 0.6 is 0 Å². The highest BCUT2D eigenvalue weighted by molar-refractivity contribution is 5.84. The molecule has 3 heteroatoms. The number of pyridine rings is 1. The van der Waals surface area contributed by atoms with Crippen LogP contribution in [0.15, 0.2) is 30.3 Å². The van der Waals surface area contributed by atoms with Crippen LogP contribution in [0.2, 0.25) is 0 Å². The van der Waals surface area contributed by atoms with E-state index in [0.29, 0.717) is 0 Å². The number of aromatic nitrogens is 1. The monoisotopic (exact) mass is 256 g/mol. The third-order valence-corrected chi connectivity index (χ3v) is 4.11. The second kappa shape index (κ2) is 5.17. The van der Waals surface area contributed by atoms with E-state index in [1.165, 1.54) is 19.3 Å². The summed E-state index contributed by atoms with van der Waals surface area (Å²) in [6.45, 7) is 1.13. The molecule has 0 unspecified atom stereocenters. The maximum Gasteiger partial charge on any atom is 0.129 e. The van der Waals surface area contributed by atoms with E-state index in [-0.39, 0.29) is 6.61 Å². The Balaban J connectivity index is 1.94. The summed E-state index contributed by atoms with van der Waals surface area (Å²) in [5.41, 5.74) is 1.92. The number of rotatable bonds is 4. The van der Waals surface area contributed by atoms with Crippen LogP contribution in [0.1, 0.15) is 24.8 Å². The van der Waals surface area contributed by atoms with E-state index in [9.17, 15) is 5.11 Å². The number of aliphatic hydroxyl groups excluding tert-OH is 1. The summed E-state index contributed by atoms with van der Waals surface area (Å²) >= 11 is 0. The van der Waals surface area contributed by atoms with Crippen LogP contribution in [0.5, 0.6) is 0 Å². The first kappa shape index (κ1) is 12.4. The molecule has 1 saturated carbocycles. The Hall–Kier alpha value is -1.61. The fourth-order valence-corrected chi connectivity index (χ4v) is 2.71. The molecule has 1 aromatic carbocycles. The Morgan fingerprint density at radius 2 is 2.11 bits per heavy atom. The molecule has 1 N–H and O–H groups in total. The third-order valence-electron chi connectivity index (χ3n) is 4.11. The van der Waals surface area contributed by atoms with Gasteiger partial charge < -0.3 is 10.0 Å². The van der Waals surface area contributed by atoms with Gasteiger partial charge in [0.15, 0.2) is 0 Å². The van der Waals surface area contributed by atoms with Gasteiger partial charge in [0.05, 0.1) is 12.1 Å². The van der Waals surface area contributed by atoms with E-state index in [4.69, 9.17) is 4.98 Å². The topological polar surface area (TPSA) is 36.4 Å². The smallest absolute Gasteiger partial charge is 0.129 e. The Bertz CT molecular complexity index is 578. The lowest BCUT2D eigenvalue weighted by molar-refractivity contribution is 0.283. The summed E-state index contributed by atoms with van der Waals surface area (Å²) in [6, 6.07) is 10.0. The van der Waals surface area contributed by atoms with Crippen LogP contribution < -0.4 is 4.90 Å². The Morgan fingerprint density at radius 3 is 2.79 bits per heavy atom. The van der Waals surface area contributed by atoms with E-state index in [2.05, 4.69) is 11.9 Å². The number of fused-ring (bicyclic) bond motifs is 1. The van der Waals surface area contributed by atoms with Gasteiger partial charge in [-0.05, 0) is 36.5 Å². The standard InChI is InChI=1S/C16H20N2O/c1-18(10-12-5-4-6-12)16-9-13(11-19)14-7-2-3-8-15(14)17-16/h2-3,7-9,12,19H,4-6,10-11H2,1H3. The molecule has 0 amide bonds. The van der Waals surface area contributed by atoms with Crippen molar-refractivity contribution in [1.82, 2.24) is 4.98 Å². The predicted octanol–water partition coefficient (Wildman–Crippen LogP) is 2.96. The summed E-state index contributed by atoms with van der Waals surface area (Å²) in [5, 5.41) is 10.6. The number of hydrogen-bond acceptors (Lipinski definition) is 3.